The van der Waals surface area contributed by atoms with E-state index in [4.69, 9.17) is 20.8 Å². The molecule has 0 bridgehead atoms. The van der Waals surface area contributed by atoms with Crippen LogP contribution in [0.2, 0.25) is 0 Å². The van der Waals surface area contributed by atoms with Crippen LogP contribution >= 0.6 is 11.6 Å². The lowest BCUT2D eigenvalue weighted by Crippen LogP contribution is -2.18. The number of aromatic nitrogens is 1. The second-order valence-corrected chi connectivity index (χ2v) is 4.12. The van der Waals surface area contributed by atoms with Crippen LogP contribution < -0.4 is 0 Å². The van der Waals surface area contributed by atoms with Crippen molar-refractivity contribution in [1.82, 2.24) is 4.98 Å². The van der Waals surface area contributed by atoms with Gasteiger partial charge in [-0.3, -0.25) is 0 Å². The van der Waals surface area contributed by atoms with E-state index in [2.05, 4.69) is 4.98 Å². The van der Waals surface area contributed by atoms with Gasteiger partial charge >= 0.3 is 0 Å². The molecule has 0 radical (unpaired) electrons. The summed E-state index contributed by atoms with van der Waals surface area (Å²) in [4.78, 5) is 4.16. The standard InChI is InChI=1S/C10H14ClNO2/c1-10(4-2-6-13-10)8-7-12-9(14-8)3-5-11/h7H,2-6H2,1H3. The number of nitrogens with zero attached hydrogens (tertiary/aromatic N) is 1. The number of aryl methyl sites for hydroxylation is 1. The maximum atomic E-state index is 5.65. The van der Waals surface area contributed by atoms with Crippen LogP contribution in [0.15, 0.2) is 10.6 Å². The molecule has 1 atom stereocenters. The SMILES string of the molecule is CC1(c2cnc(CCCl)o2)CCCO1. The van der Waals surface area contributed by atoms with E-state index >= 15 is 0 Å². The number of rotatable bonds is 3. The third-order valence-electron chi connectivity index (χ3n) is 2.60. The van der Waals surface area contributed by atoms with Gasteiger partial charge in [-0.25, -0.2) is 4.98 Å². The Balaban J connectivity index is 2.15. The van der Waals surface area contributed by atoms with Gasteiger partial charge in [-0.15, -0.1) is 11.6 Å². The molecule has 2 rings (SSSR count). The lowest BCUT2D eigenvalue weighted by atomic mass is 10.0. The molecule has 2 heterocycles. The fraction of sp³-hybridized carbons (Fsp3) is 0.700. The number of ether oxygens (including phenoxy) is 1. The summed E-state index contributed by atoms with van der Waals surface area (Å²) in [6.45, 7) is 2.85. The van der Waals surface area contributed by atoms with Crippen LogP contribution in [0.5, 0.6) is 0 Å². The van der Waals surface area contributed by atoms with Gasteiger partial charge in [-0.2, -0.15) is 0 Å². The molecular weight excluding hydrogens is 202 g/mol. The van der Waals surface area contributed by atoms with E-state index in [9.17, 15) is 0 Å². The molecule has 78 valence electrons. The molecule has 1 aliphatic heterocycles. The van der Waals surface area contributed by atoms with Gasteiger partial charge in [0.25, 0.3) is 0 Å². The largest absolute Gasteiger partial charge is 0.443 e. The molecule has 1 saturated heterocycles. The van der Waals surface area contributed by atoms with E-state index in [0.717, 1.165) is 25.2 Å². The molecule has 0 N–H and O–H groups in total. The van der Waals surface area contributed by atoms with Gasteiger partial charge in [-0.05, 0) is 19.8 Å². The van der Waals surface area contributed by atoms with Crippen molar-refractivity contribution in [3.8, 4) is 0 Å². The Hall–Kier alpha value is -0.540. The monoisotopic (exact) mass is 215 g/mol. The Bertz CT molecular complexity index is 305. The molecule has 0 aliphatic carbocycles. The Morgan fingerprint density at radius 2 is 2.50 bits per heavy atom. The van der Waals surface area contributed by atoms with Gasteiger partial charge in [0.2, 0.25) is 0 Å². The van der Waals surface area contributed by atoms with Crippen molar-refractivity contribution in [2.45, 2.75) is 31.8 Å². The summed E-state index contributed by atoms with van der Waals surface area (Å²) in [5.74, 6) is 2.07. The third-order valence-corrected chi connectivity index (χ3v) is 2.79. The Labute approximate surface area is 88.4 Å². The highest BCUT2D eigenvalue weighted by molar-refractivity contribution is 6.17. The maximum absolute atomic E-state index is 5.65. The fourth-order valence-electron chi connectivity index (χ4n) is 1.72. The highest BCUT2D eigenvalue weighted by Crippen LogP contribution is 2.35. The second kappa shape index (κ2) is 3.91. The number of hydrogen-bond acceptors (Lipinski definition) is 3. The Kier molecular flexibility index (Phi) is 2.79. The summed E-state index contributed by atoms with van der Waals surface area (Å²) in [6.07, 6.45) is 4.52. The van der Waals surface area contributed by atoms with Crippen molar-refractivity contribution in [2.24, 2.45) is 0 Å². The number of alkyl halides is 1. The summed E-state index contributed by atoms with van der Waals surface area (Å²) < 4.78 is 11.2. The van der Waals surface area contributed by atoms with Crippen LogP contribution in [0.1, 0.15) is 31.4 Å². The van der Waals surface area contributed by atoms with E-state index in [0.29, 0.717) is 18.2 Å². The molecule has 1 aliphatic rings. The van der Waals surface area contributed by atoms with Crippen LogP contribution in [0, 0.1) is 0 Å². The molecule has 4 heteroatoms. The average molecular weight is 216 g/mol. The topological polar surface area (TPSA) is 35.3 Å². The molecule has 0 aromatic carbocycles. The first-order chi connectivity index (χ1) is 6.74. The quantitative estimate of drug-likeness (QED) is 0.727. The molecule has 0 spiro atoms. The van der Waals surface area contributed by atoms with Crippen LogP contribution in [-0.2, 0) is 16.8 Å². The third kappa shape index (κ3) is 1.79. The molecule has 1 aromatic heterocycles. The Morgan fingerprint density at radius 1 is 1.64 bits per heavy atom. The molecule has 1 fully saturated rings. The molecule has 0 saturated carbocycles. The van der Waals surface area contributed by atoms with E-state index in [-0.39, 0.29) is 5.60 Å². The molecular formula is C10H14ClNO2. The van der Waals surface area contributed by atoms with Gasteiger partial charge in [0.05, 0.1) is 6.20 Å². The van der Waals surface area contributed by atoms with E-state index in [1.54, 1.807) is 6.20 Å². The highest BCUT2D eigenvalue weighted by atomic mass is 35.5. The van der Waals surface area contributed by atoms with Gasteiger partial charge in [0.1, 0.15) is 5.60 Å². The van der Waals surface area contributed by atoms with E-state index in [1.165, 1.54) is 0 Å². The first-order valence-corrected chi connectivity index (χ1v) is 5.43. The summed E-state index contributed by atoms with van der Waals surface area (Å²) >= 11 is 5.61. The maximum Gasteiger partial charge on any atom is 0.195 e. The zero-order valence-electron chi connectivity index (χ0n) is 8.25. The van der Waals surface area contributed by atoms with Crippen LogP contribution in [0.3, 0.4) is 0 Å². The normalized spacial score (nSPS) is 27.0. The van der Waals surface area contributed by atoms with Crippen molar-refractivity contribution in [3.05, 3.63) is 17.8 Å². The van der Waals surface area contributed by atoms with Gasteiger partial charge in [-0.1, -0.05) is 0 Å². The summed E-state index contributed by atoms with van der Waals surface area (Å²) in [5.41, 5.74) is -0.266. The molecule has 14 heavy (non-hydrogen) atoms. The fourth-order valence-corrected chi connectivity index (χ4v) is 1.89. The lowest BCUT2D eigenvalue weighted by Gasteiger charge is -2.19. The van der Waals surface area contributed by atoms with Crippen molar-refractivity contribution < 1.29 is 9.15 Å². The van der Waals surface area contributed by atoms with Crippen LogP contribution in [0.4, 0.5) is 0 Å². The number of oxazole rings is 1. The predicted molar refractivity (Wildman–Crippen MR) is 53.5 cm³/mol. The summed E-state index contributed by atoms with van der Waals surface area (Å²) in [5, 5.41) is 0. The highest BCUT2D eigenvalue weighted by Gasteiger charge is 2.35. The molecule has 1 unspecified atom stereocenters. The second-order valence-electron chi connectivity index (χ2n) is 3.74. The minimum Gasteiger partial charge on any atom is -0.443 e. The zero-order chi connectivity index (χ0) is 10.0. The van der Waals surface area contributed by atoms with Crippen LogP contribution in [-0.4, -0.2) is 17.5 Å². The van der Waals surface area contributed by atoms with Gasteiger partial charge in [0.15, 0.2) is 11.7 Å². The Morgan fingerprint density at radius 3 is 3.14 bits per heavy atom. The first kappa shape index (κ1) is 9.99. The first-order valence-electron chi connectivity index (χ1n) is 4.90. The minimum atomic E-state index is -0.266. The average Bonchev–Trinajstić information content (AvgIpc) is 2.75. The van der Waals surface area contributed by atoms with Crippen molar-refractivity contribution in [1.29, 1.82) is 0 Å². The van der Waals surface area contributed by atoms with E-state index < -0.39 is 0 Å². The van der Waals surface area contributed by atoms with Crippen molar-refractivity contribution in [2.75, 3.05) is 12.5 Å². The smallest absolute Gasteiger partial charge is 0.195 e. The minimum absolute atomic E-state index is 0.266. The molecule has 3 nitrogen and oxygen atoms in total. The summed E-state index contributed by atoms with van der Waals surface area (Å²) in [6, 6.07) is 0. The van der Waals surface area contributed by atoms with Crippen LogP contribution in [0.25, 0.3) is 0 Å². The number of hydrogen-bond donors (Lipinski definition) is 0. The number of halogens is 1. The molecule has 0 amide bonds. The lowest BCUT2D eigenvalue weighted by molar-refractivity contribution is -0.00158. The van der Waals surface area contributed by atoms with Gasteiger partial charge < -0.3 is 9.15 Å². The van der Waals surface area contributed by atoms with Crippen molar-refractivity contribution >= 4 is 11.6 Å². The van der Waals surface area contributed by atoms with Crippen molar-refractivity contribution in [3.63, 3.8) is 0 Å². The van der Waals surface area contributed by atoms with Gasteiger partial charge in [0, 0.05) is 18.9 Å². The van der Waals surface area contributed by atoms with E-state index in [1.807, 2.05) is 6.92 Å². The summed E-state index contributed by atoms with van der Waals surface area (Å²) in [7, 11) is 0. The molecule has 1 aromatic rings. The predicted octanol–water partition coefficient (Wildman–Crippen LogP) is 2.48. The zero-order valence-corrected chi connectivity index (χ0v) is 9.01.